The fourth-order valence-corrected chi connectivity index (χ4v) is 2.58. The number of aliphatic hydroxyl groups is 1. The first kappa shape index (κ1) is 15.6. The van der Waals surface area contributed by atoms with Gasteiger partial charge in [0.15, 0.2) is 0 Å². The number of fused-ring (bicyclic) bond motifs is 1. The Balaban J connectivity index is 1.58. The molecule has 1 N–H and O–H groups in total. The third kappa shape index (κ3) is 3.71. The second kappa shape index (κ2) is 6.84. The molecule has 3 aromatic rings. The molecule has 0 aliphatic carbocycles. The normalized spacial score (nSPS) is 12.7. The van der Waals surface area contributed by atoms with Crippen molar-refractivity contribution in [2.45, 2.75) is 32.4 Å². The molecule has 0 spiro atoms. The third-order valence-electron chi connectivity index (χ3n) is 3.92. The average Bonchev–Trinajstić information content (AvgIpc) is 2.96. The van der Waals surface area contributed by atoms with Gasteiger partial charge in [0.2, 0.25) is 0 Å². The van der Waals surface area contributed by atoms with Crippen molar-refractivity contribution in [3.63, 3.8) is 0 Å². The molecule has 1 aromatic heterocycles. The first-order valence-corrected chi connectivity index (χ1v) is 7.94. The predicted molar refractivity (Wildman–Crippen MR) is 91.8 cm³/mol. The number of imidazole rings is 1. The number of hydrogen-bond acceptors (Lipinski definition) is 3. The summed E-state index contributed by atoms with van der Waals surface area (Å²) in [6.07, 6.45) is 1.17. The molecule has 0 fully saturated rings. The van der Waals surface area contributed by atoms with E-state index in [4.69, 9.17) is 4.74 Å². The Bertz CT molecular complexity index is 762. The summed E-state index contributed by atoms with van der Waals surface area (Å²) in [5, 5.41) is 10.2. The van der Waals surface area contributed by atoms with E-state index >= 15 is 0 Å². The van der Waals surface area contributed by atoms with Crippen molar-refractivity contribution in [2.24, 2.45) is 0 Å². The molecule has 0 radical (unpaired) electrons. The molecule has 23 heavy (non-hydrogen) atoms. The van der Waals surface area contributed by atoms with Gasteiger partial charge in [-0.05, 0) is 35.7 Å². The van der Waals surface area contributed by atoms with Gasteiger partial charge in [-0.1, -0.05) is 38.1 Å². The van der Waals surface area contributed by atoms with Crippen molar-refractivity contribution in [3.8, 4) is 5.75 Å². The first-order chi connectivity index (χ1) is 11.1. The van der Waals surface area contributed by atoms with Gasteiger partial charge in [-0.2, -0.15) is 0 Å². The van der Waals surface area contributed by atoms with Crippen LogP contribution in [0.5, 0.6) is 5.75 Å². The number of aliphatic hydroxyl groups excluding tert-OH is 1. The molecular weight excluding hydrogens is 288 g/mol. The van der Waals surface area contributed by atoms with Gasteiger partial charge in [-0.15, -0.1) is 0 Å². The summed E-state index contributed by atoms with van der Waals surface area (Å²) in [6.45, 7) is 5.04. The highest BCUT2D eigenvalue weighted by Crippen LogP contribution is 2.19. The van der Waals surface area contributed by atoms with E-state index in [1.807, 2.05) is 41.0 Å². The molecule has 0 aliphatic heterocycles. The second-order valence-corrected chi connectivity index (χ2v) is 6.07. The molecule has 0 bridgehead atoms. The van der Waals surface area contributed by atoms with Gasteiger partial charge in [0.05, 0.1) is 23.9 Å². The minimum Gasteiger partial charge on any atom is -0.491 e. The van der Waals surface area contributed by atoms with Crippen molar-refractivity contribution in [1.82, 2.24) is 9.55 Å². The molecule has 4 heteroatoms. The Morgan fingerprint density at radius 3 is 2.57 bits per heavy atom. The van der Waals surface area contributed by atoms with E-state index in [0.717, 1.165) is 16.8 Å². The van der Waals surface area contributed by atoms with Crippen LogP contribution in [0.2, 0.25) is 0 Å². The molecule has 0 unspecified atom stereocenters. The lowest BCUT2D eigenvalue weighted by Crippen LogP contribution is -2.23. The third-order valence-corrected chi connectivity index (χ3v) is 3.92. The van der Waals surface area contributed by atoms with E-state index in [-0.39, 0.29) is 6.61 Å². The topological polar surface area (TPSA) is 47.3 Å². The van der Waals surface area contributed by atoms with E-state index in [1.54, 1.807) is 6.33 Å². The molecule has 1 atom stereocenters. The van der Waals surface area contributed by atoms with Gasteiger partial charge in [0.1, 0.15) is 18.5 Å². The maximum atomic E-state index is 10.2. The predicted octanol–water partition coefficient (Wildman–Crippen LogP) is 3.60. The number of ether oxygens (including phenoxy) is 1. The maximum Gasteiger partial charge on any atom is 0.119 e. The van der Waals surface area contributed by atoms with E-state index in [0.29, 0.717) is 12.5 Å². The quantitative estimate of drug-likeness (QED) is 0.757. The zero-order chi connectivity index (χ0) is 16.2. The summed E-state index contributed by atoms with van der Waals surface area (Å²) in [7, 11) is 0. The molecule has 0 saturated heterocycles. The number of nitrogens with zero attached hydrogens (tertiary/aromatic N) is 2. The zero-order valence-corrected chi connectivity index (χ0v) is 13.5. The van der Waals surface area contributed by atoms with Gasteiger partial charge in [0, 0.05) is 0 Å². The van der Waals surface area contributed by atoms with Gasteiger partial charge < -0.3 is 14.4 Å². The number of benzene rings is 2. The number of para-hydroxylation sites is 2. The van der Waals surface area contributed by atoms with Crippen LogP contribution in [-0.2, 0) is 6.54 Å². The zero-order valence-electron chi connectivity index (χ0n) is 13.5. The van der Waals surface area contributed by atoms with E-state index in [9.17, 15) is 5.11 Å². The Morgan fingerprint density at radius 1 is 1.09 bits per heavy atom. The minimum atomic E-state index is -0.586. The van der Waals surface area contributed by atoms with Crippen molar-refractivity contribution >= 4 is 11.0 Å². The molecule has 1 heterocycles. The van der Waals surface area contributed by atoms with Crippen LogP contribution in [0, 0.1) is 0 Å². The summed E-state index contributed by atoms with van der Waals surface area (Å²) in [5.74, 6) is 1.29. The van der Waals surface area contributed by atoms with Crippen molar-refractivity contribution in [1.29, 1.82) is 0 Å². The monoisotopic (exact) mass is 310 g/mol. The highest BCUT2D eigenvalue weighted by molar-refractivity contribution is 5.74. The van der Waals surface area contributed by atoms with Crippen LogP contribution in [0.25, 0.3) is 11.0 Å². The van der Waals surface area contributed by atoms with Gasteiger partial charge in [0.25, 0.3) is 0 Å². The lowest BCUT2D eigenvalue weighted by atomic mass is 10.0. The van der Waals surface area contributed by atoms with Crippen molar-refractivity contribution in [3.05, 3.63) is 60.4 Å². The Labute approximate surface area is 136 Å². The molecule has 4 nitrogen and oxygen atoms in total. The van der Waals surface area contributed by atoms with Crippen molar-refractivity contribution in [2.75, 3.05) is 6.61 Å². The Hall–Kier alpha value is -2.33. The van der Waals surface area contributed by atoms with Crippen LogP contribution in [0.3, 0.4) is 0 Å². The summed E-state index contributed by atoms with van der Waals surface area (Å²) in [6, 6.07) is 15.9. The SMILES string of the molecule is CC(C)c1ccc(OC[C@@H](O)Cn2cnc3ccccc32)cc1. The van der Waals surface area contributed by atoms with Crippen LogP contribution in [0.15, 0.2) is 54.9 Å². The fraction of sp³-hybridized carbons (Fsp3) is 0.316. The summed E-state index contributed by atoms with van der Waals surface area (Å²) < 4.78 is 7.63. The smallest absolute Gasteiger partial charge is 0.119 e. The largest absolute Gasteiger partial charge is 0.491 e. The second-order valence-electron chi connectivity index (χ2n) is 6.07. The molecule has 2 aromatic carbocycles. The summed E-state index contributed by atoms with van der Waals surface area (Å²) in [4.78, 5) is 4.33. The molecule has 120 valence electrons. The number of hydrogen-bond donors (Lipinski definition) is 1. The number of rotatable bonds is 6. The van der Waals surface area contributed by atoms with Crippen LogP contribution in [0.4, 0.5) is 0 Å². The van der Waals surface area contributed by atoms with Crippen LogP contribution in [-0.4, -0.2) is 27.4 Å². The molecule has 0 amide bonds. The fourth-order valence-electron chi connectivity index (χ4n) is 2.58. The van der Waals surface area contributed by atoms with Gasteiger partial charge >= 0.3 is 0 Å². The van der Waals surface area contributed by atoms with Crippen LogP contribution >= 0.6 is 0 Å². The first-order valence-electron chi connectivity index (χ1n) is 7.94. The molecule has 3 rings (SSSR count). The Kier molecular flexibility index (Phi) is 4.63. The lowest BCUT2D eigenvalue weighted by Gasteiger charge is -2.14. The van der Waals surface area contributed by atoms with Gasteiger partial charge in [-0.25, -0.2) is 4.98 Å². The van der Waals surface area contributed by atoms with Crippen LogP contribution in [0.1, 0.15) is 25.3 Å². The average molecular weight is 310 g/mol. The molecular formula is C19H22N2O2. The Morgan fingerprint density at radius 2 is 1.83 bits per heavy atom. The molecule has 0 saturated carbocycles. The maximum absolute atomic E-state index is 10.2. The number of aromatic nitrogens is 2. The van der Waals surface area contributed by atoms with E-state index in [1.165, 1.54) is 5.56 Å². The van der Waals surface area contributed by atoms with E-state index < -0.39 is 6.10 Å². The highest BCUT2D eigenvalue weighted by atomic mass is 16.5. The van der Waals surface area contributed by atoms with E-state index in [2.05, 4.69) is 31.0 Å². The summed E-state index contributed by atoms with van der Waals surface area (Å²) in [5.41, 5.74) is 3.24. The standard InChI is InChI=1S/C19H22N2O2/c1-14(2)15-7-9-17(10-8-15)23-12-16(22)11-21-13-20-18-5-3-4-6-19(18)21/h3-10,13-14,16,22H,11-12H2,1-2H3/t16-/m0/s1. The van der Waals surface area contributed by atoms with Gasteiger partial charge in [-0.3, -0.25) is 0 Å². The lowest BCUT2D eigenvalue weighted by molar-refractivity contribution is 0.0934. The van der Waals surface area contributed by atoms with Crippen molar-refractivity contribution < 1.29 is 9.84 Å². The molecule has 0 aliphatic rings. The summed E-state index contributed by atoms with van der Waals surface area (Å²) >= 11 is 0. The van der Waals surface area contributed by atoms with Crippen LogP contribution < -0.4 is 4.74 Å². The highest BCUT2D eigenvalue weighted by Gasteiger charge is 2.09. The minimum absolute atomic E-state index is 0.257.